The minimum absolute atomic E-state index is 0.596. The SMILES string of the molecule is Cn1nncc1C#CCCN. The Kier molecular flexibility index (Phi) is 2.64. The zero-order chi connectivity index (χ0) is 8.10. The Morgan fingerprint density at radius 1 is 1.73 bits per heavy atom. The van der Waals surface area contributed by atoms with Gasteiger partial charge in [-0.15, -0.1) is 5.10 Å². The van der Waals surface area contributed by atoms with Crippen LogP contribution in [-0.4, -0.2) is 21.5 Å². The Morgan fingerprint density at radius 2 is 2.55 bits per heavy atom. The summed E-state index contributed by atoms with van der Waals surface area (Å²) in [7, 11) is 1.81. The molecular weight excluding hydrogens is 140 g/mol. The molecule has 1 aromatic heterocycles. The number of hydrogen-bond acceptors (Lipinski definition) is 3. The lowest BCUT2D eigenvalue weighted by Crippen LogP contribution is -1.96. The van der Waals surface area contributed by atoms with Gasteiger partial charge in [0.25, 0.3) is 0 Å². The molecule has 1 heterocycles. The molecule has 0 amide bonds. The molecule has 1 rings (SSSR count). The van der Waals surface area contributed by atoms with Crippen LogP contribution in [0.15, 0.2) is 6.20 Å². The van der Waals surface area contributed by atoms with Crippen LogP contribution in [0, 0.1) is 11.8 Å². The van der Waals surface area contributed by atoms with Crippen LogP contribution in [0.5, 0.6) is 0 Å². The highest BCUT2D eigenvalue weighted by Gasteiger charge is 1.91. The molecule has 0 aliphatic heterocycles. The van der Waals surface area contributed by atoms with Gasteiger partial charge < -0.3 is 5.73 Å². The largest absolute Gasteiger partial charge is 0.330 e. The van der Waals surface area contributed by atoms with Crippen LogP contribution in [0.4, 0.5) is 0 Å². The van der Waals surface area contributed by atoms with Crippen molar-refractivity contribution in [2.75, 3.05) is 6.54 Å². The highest BCUT2D eigenvalue weighted by molar-refractivity contribution is 5.24. The summed E-state index contributed by atoms with van der Waals surface area (Å²) in [5.74, 6) is 5.80. The van der Waals surface area contributed by atoms with Crippen molar-refractivity contribution in [2.24, 2.45) is 12.8 Å². The predicted molar refractivity (Wildman–Crippen MR) is 41.6 cm³/mol. The molecule has 0 spiro atoms. The smallest absolute Gasteiger partial charge is 0.131 e. The molecule has 4 nitrogen and oxygen atoms in total. The van der Waals surface area contributed by atoms with Crippen molar-refractivity contribution in [2.45, 2.75) is 6.42 Å². The summed E-state index contributed by atoms with van der Waals surface area (Å²) in [6.45, 7) is 0.596. The standard InChI is InChI=1S/C7H10N4/c1-11-7(6-9-10-11)4-2-3-5-8/h6H,3,5,8H2,1H3. The van der Waals surface area contributed by atoms with Gasteiger partial charge in [-0.25, -0.2) is 4.68 Å². The zero-order valence-corrected chi connectivity index (χ0v) is 6.41. The molecule has 1 aromatic rings. The molecule has 0 saturated carbocycles. The molecule has 11 heavy (non-hydrogen) atoms. The van der Waals surface area contributed by atoms with Gasteiger partial charge in [-0.05, 0) is 5.92 Å². The van der Waals surface area contributed by atoms with Crippen LogP contribution in [0.1, 0.15) is 12.1 Å². The summed E-state index contributed by atoms with van der Waals surface area (Å²) in [4.78, 5) is 0. The molecule has 0 radical (unpaired) electrons. The lowest BCUT2D eigenvalue weighted by molar-refractivity contribution is 0.708. The third-order valence-electron chi connectivity index (χ3n) is 1.20. The van der Waals surface area contributed by atoms with Gasteiger partial charge in [-0.1, -0.05) is 11.1 Å². The van der Waals surface area contributed by atoms with Crippen LogP contribution in [0.2, 0.25) is 0 Å². The van der Waals surface area contributed by atoms with Crippen molar-refractivity contribution in [1.82, 2.24) is 15.0 Å². The van der Waals surface area contributed by atoms with Crippen molar-refractivity contribution < 1.29 is 0 Å². The molecule has 0 aromatic carbocycles. The topological polar surface area (TPSA) is 56.7 Å². The molecule has 0 aliphatic rings. The highest BCUT2D eigenvalue weighted by atomic mass is 15.4. The average molecular weight is 150 g/mol. The summed E-state index contributed by atoms with van der Waals surface area (Å²) >= 11 is 0. The minimum Gasteiger partial charge on any atom is -0.330 e. The Labute approximate surface area is 65.4 Å². The molecule has 2 N–H and O–H groups in total. The maximum absolute atomic E-state index is 5.27. The predicted octanol–water partition coefficient (Wildman–Crippen LogP) is -0.485. The fourth-order valence-corrected chi connectivity index (χ4v) is 0.628. The minimum atomic E-state index is 0.596. The Balaban J connectivity index is 2.65. The van der Waals surface area contributed by atoms with E-state index in [4.69, 9.17) is 5.73 Å². The number of aromatic nitrogens is 3. The maximum Gasteiger partial charge on any atom is 0.131 e. The molecule has 0 atom stereocenters. The van der Waals surface area contributed by atoms with E-state index in [-0.39, 0.29) is 0 Å². The van der Waals surface area contributed by atoms with E-state index in [0.717, 1.165) is 5.69 Å². The van der Waals surface area contributed by atoms with Crippen molar-refractivity contribution in [3.05, 3.63) is 11.9 Å². The van der Waals surface area contributed by atoms with Crippen molar-refractivity contribution >= 4 is 0 Å². The molecule has 58 valence electrons. The first-order valence-corrected chi connectivity index (χ1v) is 3.38. The first-order chi connectivity index (χ1) is 5.34. The van der Waals surface area contributed by atoms with Crippen molar-refractivity contribution in [3.63, 3.8) is 0 Å². The van der Waals surface area contributed by atoms with E-state index in [1.807, 2.05) is 0 Å². The summed E-state index contributed by atoms with van der Waals surface area (Å²) in [6.07, 6.45) is 2.34. The first-order valence-electron chi connectivity index (χ1n) is 3.38. The van der Waals surface area contributed by atoms with Gasteiger partial charge in [0.05, 0.1) is 6.20 Å². The molecule has 0 unspecified atom stereocenters. The van der Waals surface area contributed by atoms with Gasteiger partial charge in [0.2, 0.25) is 0 Å². The number of rotatable bonds is 1. The van der Waals surface area contributed by atoms with E-state index in [1.165, 1.54) is 0 Å². The van der Waals surface area contributed by atoms with Gasteiger partial charge in [-0.2, -0.15) is 0 Å². The van der Waals surface area contributed by atoms with E-state index in [2.05, 4.69) is 22.2 Å². The summed E-state index contributed by atoms with van der Waals surface area (Å²) < 4.78 is 1.63. The Hall–Kier alpha value is -1.34. The molecule has 0 fully saturated rings. The van der Waals surface area contributed by atoms with Crippen molar-refractivity contribution in [1.29, 1.82) is 0 Å². The van der Waals surface area contributed by atoms with E-state index < -0.39 is 0 Å². The highest BCUT2D eigenvalue weighted by Crippen LogP contribution is 1.88. The van der Waals surface area contributed by atoms with Gasteiger partial charge in [0, 0.05) is 20.0 Å². The number of nitrogens with zero attached hydrogens (tertiary/aromatic N) is 3. The van der Waals surface area contributed by atoms with E-state index in [1.54, 1.807) is 17.9 Å². The summed E-state index contributed by atoms with van der Waals surface area (Å²) in [6, 6.07) is 0. The van der Waals surface area contributed by atoms with Gasteiger partial charge in [0.15, 0.2) is 0 Å². The maximum atomic E-state index is 5.27. The quantitative estimate of drug-likeness (QED) is 0.550. The van der Waals surface area contributed by atoms with Gasteiger partial charge in [-0.3, -0.25) is 0 Å². The summed E-state index contributed by atoms with van der Waals surface area (Å²) in [5.41, 5.74) is 6.08. The average Bonchev–Trinajstić information content (AvgIpc) is 2.37. The fourth-order valence-electron chi connectivity index (χ4n) is 0.628. The van der Waals surface area contributed by atoms with E-state index in [0.29, 0.717) is 13.0 Å². The lowest BCUT2D eigenvalue weighted by atomic mass is 10.4. The zero-order valence-electron chi connectivity index (χ0n) is 6.41. The van der Waals surface area contributed by atoms with Gasteiger partial charge >= 0.3 is 0 Å². The molecule has 0 saturated heterocycles. The van der Waals surface area contributed by atoms with Crippen LogP contribution in [0.25, 0.3) is 0 Å². The summed E-state index contributed by atoms with van der Waals surface area (Å²) in [5, 5.41) is 7.41. The Morgan fingerprint density at radius 3 is 3.09 bits per heavy atom. The molecule has 0 bridgehead atoms. The third kappa shape index (κ3) is 2.06. The van der Waals surface area contributed by atoms with E-state index in [9.17, 15) is 0 Å². The monoisotopic (exact) mass is 150 g/mol. The number of hydrogen-bond donors (Lipinski definition) is 1. The third-order valence-corrected chi connectivity index (χ3v) is 1.20. The normalized spacial score (nSPS) is 8.91. The second-order valence-corrected chi connectivity index (χ2v) is 2.08. The Bertz CT molecular complexity index is 278. The van der Waals surface area contributed by atoms with Crippen LogP contribution >= 0.6 is 0 Å². The second-order valence-electron chi connectivity index (χ2n) is 2.08. The van der Waals surface area contributed by atoms with Gasteiger partial charge in [0.1, 0.15) is 5.69 Å². The molecule has 4 heteroatoms. The van der Waals surface area contributed by atoms with Crippen molar-refractivity contribution in [3.8, 4) is 11.8 Å². The lowest BCUT2D eigenvalue weighted by Gasteiger charge is -1.86. The van der Waals surface area contributed by atoms with Crippen LogP contribution in [0.3, 0.4) is 0 Å². The first kappa shape index (κ1) is 7.76. The molecular formula is C7H10N4. The van der Waals surface area contributed by atoms with E-state index >= 15 is 0 Å². The number of nitrogens with two attached hydrogens (primary N) is 1. The van der Waals surface area contributed by atoms with Crippen LogP contribution < -0.4 is 5.73 Å². The fraction of sp³-hybridized carbons (Fsp3) is 0.429. The van der Waals surface area contributed by atoms with Crippen LogP contribution in [-0.2, 0) is 7.05 Å². The number of aryl methyl sites for hydroxylation is 1. The molecule has 0 aliphatic carbocycles. The second kappa shape index (κ2) is 3.74.